The van der Waals surface area contributed by atoms with E-state index in [0.717, 1.165) is 70.0 Å². The van der Waals surface area contributed by atoms with Crippen molar-refractivity contribution in [1.82, 2.24) is 0 Å². The van der Waals surface area contributed by atoms with Gasteiger partial charge in [-0.3, -0.25) is 0 Å². The predicted molar refractivity (Wildman–Crippen MR) is 313 cm³/mol. The average Bonchev–Trinajstić information content (AvgIpc) is 3.41. The largest absolute Gasteiger partial charge is 0.514 e. The van der Waals surface area contributed by atoms with E-state index in [1.165, 1.54) is 22.3 Å². The van der Waals surface area contributed by atoms with E-state index in [0.29, 0.717) is 73.2 Å². The normalized spacial score (nSPS) is 15.9. The van der Waals surface area contributed by atoms with Crippen LogP contribution in [0.1, 0.15) is 226 Å². The zero-order valence-electron chi connectivity index (χ0n) is 48.7. The van der Waals surface area contributed by atoms with Gasteiger partial charge >= 0.3 is 10.5 Å². The smallest absolute Gasteiger partial charge is 0.508 e. The van der Waals surface area contributed by atoms with Crippen molar-refractivity contribution in [3.05, 3.63) is 125 Å². The van der Waals surface area contributed by atoms with E-state index < -0.39 is 46.3 Å². The lowest BCUT2D eigenvalue weighted by Gasteiger charge is -2.22. The number of hydrogen-bond donors (Lipinski definition) is 2. The van der Waals surface area contributed by atoms with E-state index in [-0.39, 0.29) is 6.29 Å². The molecule has 0 heterocycles. The van der Waals surface area contributed by atoms with Crippen LogP contribution in [0.4, 0.5) is 4.79 Å². The maximum Gasteiger partial charge on any atom is 0.514 e. The van der Waals surface area contributed by atoms with Crippen molar-refractivity contribution in [3.8, 4) is 23.0 Å². The minimum atomic E-state index is -4.07. The molecule has 430 valence electrons. The fraction of sp³-hybridized carbons (Fsp3) is 0.581. The highest BCUT2D eigenvalue weighted by Crippen LogP contribution is 2.31. The number of nitrogens with zero attached hydrogens (tertiary/aromatic N) is 2. The molecule has 0 radical (unpaired) electrons. The van der Waals surface area contributed by atoms with Gasteiger partial charge in [0.05, 0.1) is 10.5 Å². The summed E-state index contributed by atoms with van der Waals surface area (Å²) in [6.07, 6.45) is 10.5. The molecule has 2 aliphatic rings. The lowest BCUT2D eigenvalue weighted by Crippen LogP contribution is -2.40. The lowest BCUT2D eigenvalue weighted by atomic mass is 9.99. The minimum Gasteiger partial charge on any atom is -0.508 e. The molecule has 0 spiro atoms. The Hall–Kier alpha value is -5.21. The molecule has 0 aliphatic heterocycles. The summed E-state index contributed by atoms with van der Waals surface area (Å²) in [5.74, 6) is 4.38. The fourth-order valence-corrected chi connectivity index (χ4v) is 13.2. The molecule has 6 rings (SSSR count). The van der Waals surface area contributed by atoms with Gasteiger partial charge in [0, 0.05) is 6.61 Å². The summed E-state index contributed by atoms with van der Waals surface area (Å²) >= 11 is 0. The molecular weight excluding hydrogens is 1010 g/mol. The topological polar surface area (TPSA) is 199 Å². The first kappa shape index (κ1) is 67.9. The predicted octanol–water partition coefficient (Wildman–Crippen LogP) is 16.4. The fourth-order valence-electron chi connectivity index (χ4n) is 8.43. The molecular formula is C62H94N2O11S2. The molecule has 2 saturated carbocycles. The van der Waals surface area contributed by atoms with Crippen LogP contribution < -0.4 is 9.47 Å². The first-order chi connectivity index (χ1) is 36.4. The number of hydrogen-bond acceptors (Lipinski definition) is 11. The first-order valence-electron chi connectivity index (χ1n) is 28.0. The summed E-state index contributed by atoms with van der Waals surface area (Å²) < 4.78 is 70.3. The highest BCUT2D eigenvalue weighted by atomic mass is 32.3. The number of sulfone groups is 2. The first-order valence-corrected chi connectivity index (χ1v) is 31.1. The van der Waals surface area contributed by atoms with Crippen molar-refractivity contribution in [2.75, 3.05) is 6.61 Å². The molecule has 2 aliphatic carbocycles. The molecule has 5 atom stereocenters. The van der Waals surface area contributed by atoms with Crippen LogP contribution in [-0.2, 0) is 29.1 Å². The molecule has 2 N–H and O–H groups in total. The summed E-state index contributed by atoms with van der Waals surface area (Å²) in [6.45, 7) is 27.4. The number of phenols is 2. The van der Waals surface area contributed by atoms with Gasteiger partial charge in [0.1, 0.15) is 28.6 Å². The summed E-state index contributed by atoms with van der Waals surface area (Å²) in [5, 5.41) is 16.6. The Kier molecular flexibility index (Phi) is 30.5. The van der Waals surface area contributed by atoms with Crippen LogP contribution in [-0.4, -0.2) is 71.4 Å². The number of rotatable bonds is 15. The van der Waals surface area contributed by atoms with E-state index in [9.17, 15) is 21.6 Å². The molecule has 15 heteroatoms. The minimum absolute atomic E-state index is 0.181. The summed E-state index contributed by atoms with van der Waals surface area (Å²) in [5.41, 5.74) is 13.8. The van der Waals surface area contributed by atoms with E-state index in [1.54, 1.807) is 57.2 Å². The van der Waals surface area contributed by atoms with Gasteiger partial charge in [-0.1, -0.05) is 142 Å². The maximum atomic E-state index is 12.5. The zero-order chi connectivity index (χ0) is 57.8. The number of benzene rings is 4. The number of carbonyl (C=O) groups excluding carboxylic acids is 1. The Morgan fingerprint density at radius 2 is 0.857 bits per heavy atom. The zero-order valence-corrected chi connectivity index (χ0v) is 50.3. The second-order valence-electron chi connectivity index (χ2n) is 21.2. The molecule has 77 heavy (non-hydrogen) atoms. The molecule has 4 aromatic carbocycles. The Bertz CT molecular complexity index is 2440. The van der Waals surface area contributed by atoms with Gasteiger partial charge in [-0.05, 0) is 180 Å². The molecule has 2 fully saturated rings. The molecule has 0 amide bonds. The third-order valence-electron chi connectivity index (χ3n) is 14.1. The number of ether oxygens (including phenoxy) is 4. The molecule has 0 bridgehead atoms. The Morgan fingerprint density at radius 3 is 1.14 bits per heavy atom. The van der Waals surface area contributed by atoms with Gasteiger partial charge < -0.3 is 34.7 Å². The van der Waals surface area contributed by atoms with Gasteiger partial charge in [0.25, 0.3) is 19.7 Å². The van der Waals surface area contributed by atoms with Gasteiger partial charge in [0.15, 0.2) is 6.29 Å². The van der Waals surface area contributed by atoms with Crippen LogP contribution in [0.15, 0.2) is 97.1 Å². The van der Waals surface area contributed by atoms with E-state index in [2.05, 4.69) is 72.3 Å². The third-order valence-corrected chi connectivity index (χ3v) is 19.3. The van der Waals surface area contributed by atoms with Crippen molar-refractivity contribution in [2.24, 2.45) is 0 Å². The molecule has 5 unspecified atom stereocenters. The number of carbonyl (C=O) groups is 1. The number of aromatic hydroxyl groups is 2. The lowest BCUT2D eigenvalue weighted by molar-refractivity contribution is -0.0613. The van der Waals surface area contributed by atoms with Crippen molar-refractivity contribution < 1.29 is 55.6 Å². The standard InChI is InChI=1S/C15H22O3.C14H22O2.C13H22N2O4S2.2C10H14O/c1-6-11(2)12-7-9-13(10-8-12)17-14(16)18-15(3,4)5;1-5-11(3)13-7-9-14(10-8-13)16-12(4)15-6-2;14-15-13(20(16,17)11-7-3-1-4-8-11)21(18,19)12-9-5-2-6-10-12;2*1-3-8(2)9-4-6-10(11)7-5-9/h7-11H,6H2,1-5H3;7-12H,5-6H2,1-4H3;11-12H,1-10H2;2*4-8,11H,3H2,1-2H3. The van der Waals surface area contributed by atoms with Crippen LogP contribution in [0.3, 0.4) is 0 Å². The summed E-state index contributed by atoms with van der Waals surface area (Å²) in [6, 6.07) is 30.7. The Morgan fingerprint density at radius 1 is 0.545 bits per heavy atom. The summed E-state index contributed by atoms with van der Waals surface area (Å²) in [4.78, 5) is 14.2. The van der Waals surface area contributed by atoms with Gasteiger partial charge in [-0.2, -0.15) is 0 Å². The quantitative estimate of drug-likeness (QED) is 0.0218. The van der Waals surface area contributed by atoms with Crippen LogP contribution in [0.25, 0.3) is 5.53 Å². The van der Waals surface area contributed by atoms with E-state index in [1.807, 2.05) is 62.4 Å². The van der Waals surface area contributed by atoms with E-state index >= 15 is 0 Å². The monoisotopic (exact) mass is 1110 g/mol. The van der Waals surface area contributed by atoms with Crippen molar-refractivity contribution in [1.29, 1.82) is 0 Å². The highest BCUT2D eigenvalue weighted by molar-refractivity contribution is 8.31. The molecule has 4 aromatic rings. The van der Waals surface area contributed by atoms with E-state index in [4.69, 9.17) is 34.7 Å². The Balaban J connectivity index is 0.000000336. The Labute approximate surface area is 464 Å². The second kappa shape index (κ2) is 34.6. The second-order valence-corrected chi connectivity index (χ2v) is 25.8. The average molecular weight is 1110 g/mol. The maximum absolute atomic E-state index is 12.5. The van der Waals surface area contributed by atoms with Crippen molar-refractivity contribution in [3.63, 3.8) is 0 Å². The molecule has 0 saturated heterocycles. The van der Waals surface area contributed by atoms with Crippen LogP contribution in [0.2, 0.25) is 0 Å². The van der Waals surface area contributed by atoms with Crippen LogP contribution in [0, 0.1) is 0 Å². The third kappa shape index (κ3) is 24.6. The highest BCUT2D eigenvalue weighted by Gasteiger charge is 2.50. The number of phenolic OH excluding ortho intramolecular Hbond substituents is 2. The van der Waals surface area contributed by atoms with Crippen LogP contribution in [0.5, 0.6) is 23.0 Å². The van der Waals surface area contributed by atoms with Gasteiger partial charge in [-0.25, -0.2) is 21.6 Å². The van der Waals surface area contributed by atoms with Crippen molar-refractivity contribution >= 4 is 30.2 Å². The van der Waals surface area contributed by atoms with Crippen molar-refractivity contribution in [2.45, 2.75) is 226 Å². The van der Waals surface area contributed by atoms with Crippen LogP contribution >= 0.6 is 0 Å². The SMILES string of the molecule is CCC(C)c1ccc(O)cc1.CCC(C)c1ccc(O)cc1.CCC(C)c1ccc(OC(=O)OC(C)(C)C)cc1.CCOC(C)Oc1ccc(C(C)CC)cc1.[N-]=[N+]=C(S(=O)(=O)C1CCCCC1)S(=O)(=O)C1CCCCC1. The van der Waals surface area contributed by atoms with Gasteiger partial charge in [-0.15, -0.1) is 4.79 Å². The summed E-state index contributed by atoms with van der Waals surface area (Å²) in [7, 11) is -8.14. The molecule has 13 nitrogen and oxygen atoms in total. The van der Waals surface area contributed by atoms with Gasteiger partial charge in [0.2, 0.25) is 0 Å². The molecule has 0 aromatic heterocycles.